The van der Waals surface area contributed by atoms with E-state index in [1.165, 1.54) is 12.3 Å². The second-order valence-corrected chi connectivity index (χ2v) is 2.65. The molecule has 0 aliphatic carbocycles. The molecule has 0 radical (unpaired) electrons. The minimum atomic E-state index is -0.307. The Morgan fingerprint density at radius 3 is 2.82 bits per heavy atom. The molecule has 0 unspecified atom stereocenters. The van der Waals surface area contributed by atoms with E-state index in [-0.39, 0.29) is 11.9 Å². The van der Waals surface area contributed by atoms with Gasteiger partial charge in [-0.3, -0.25) is 4.98 Å². The SMILES string of the molecule is C[C@H](N)Cc1ccc(F)cn1. The van der Waals surface area contributed by atoms with Crippen LogP contribution in [-0.4, -0.2) is 11.0 Å². The zero-order valence-electron chi connectivity index (χ0n) is 6.42. The summed E-state index contributed by atoms with van der Waals surface area (Å²) >= 11 is 0. The van der Waals surface area contributed by atoms with Crippen molar-refractivity contribution in [1.29, 1.82) is 0 Å². The van der Waals surface area contributed by atoms with Gasteiger partial charge in [0.2, 0.25) is 0 Å². The van der Waals surface area contributed by atoms with Gasteiger partial charge in [-0.15, -0.1) is 0 Å². The Bertz CT molecular complexity index is 218. The molecule has 0 aromatic carbocycles. The van der Waals surface area contributed by atoms with Crippen LogP contribution in [-0.2, 0) is 6.42 Å². The fourth-order valence-corrected chi connectivity index (χ4v) is 0.857. The van der Waals surface area contributed by atoms with E-state index in [0.717, 1.165) is 5.69 Å². The Balaban J connectivity index is 2.66. The molecule has 60 valence electrons. The maximum absolute atomic E-state index is 12.3. The van der Waals surface area contributed by atoms with E-state index >= 15 is 0 Å². The fourth-order valence-electron chi connectivity index (χ4n) is 0.857. The third kappa shape index (κ3) is 2.63. The van der Waals surface area contributed by atoms with E-state index in [9.17, 15) is 4.39 Å². The topological polar surface area (TPSA) is 38.9 Å². The van der Waals surface area contributed by atoms with E-state index in [1.807, 2.05) is 6.92 Å². The average Bonchev–Trinajstić information content (AvgIpc) is 1.93. The van der Waals surface area contributed by atoms with Crippen molar-refractivity contribution in [2.45, 2.75) is 19.4 Å². The highest BCUT2D eigenvalue weighted by Gasteiger charge is 1.98. The van der Waals surface area contributed by atoms with E-state index in [2.05, 4.69) is 4.98 Å². The smallest absolute Gasteiger partial charge is 0.141 e. The van der Waals surface area contributed by atoms with Crippen molar-refractivity contribution in [3.05, 3.63) is 29.8 Å². The molecule has 0 amide bonds. The quantitative estimate of drug-likeness (QED) is 0.693. The summed E-state index contributed by atoms with van der Waals surface area (Å²) in [5.74, 6) is -0.307. The molecule has 0 spiro atoms. The lowest BCUT2D eigenvalue weighted by atomic mass is 10.2. The summed E-state index contributed by atoms with van der Waals surface area (Å²) in [7, 11) is 0. The lowest BCUT2D eigenvalue weighted by molar-refractivity contribution is 0.616. The molecule has 0 saturated heterocycles. The molecule has 0 aliphatic rings. The number of pyridine rings is 1. The second-order valence-electron chi connectivity index (χ2n) is 2.65. The third-order valence-electron chi connectivity index (χ3n) is 1.32. The van der Waals surface area contributed by atoms with Crippen molar-refractivity contribution in [3.63, 3.8) is 0 Å². The molecule has 1 aromatic rings. The van der Waals surface area contributed by atoms with Gasteiger partial charge in [0, 0.05) is 18.2 Å². The Morgan fingerprint density at radius 2 is 2.36 bits per heavy atom. The Morgan fingerprint density at radius 1 is 1.64 bits per heavy atom. The molecular weight excluding hydrogens is 143 g/mol. The number of nitrogens with zero attached hydrogens (tertiary/aromatic N) is 1. The Hall–Kier alpha value is -0.960. The standard InChI is InChI=1S/C8H11FN2/c1-6(10)4-8-3-2-7(9)5-11-8/h2-3,5-6H,4,10H2,1H3/t6-/m0/s1. The van der Waals surface area contributed by atoms with Gasteiger partial charge < -0.3 is 5.73 Å². The normalized spacial score (nSPS) is 13.0. The maximum Gasteiger partial charge on any atom is 0.141 e. The average molecular weight is 154 g/mol. The van der Waals surface area contributed by atoms with Crippen molar-refractivity contribution in [1.82, 2.24) is 4.98 Å². The van der Waals surface area contributed by atoms with Gasteiger partial charge >= 0.3 is 0 Å². The summed E-state index contributed by atoms with van der Waals surface area (Å²) in [5.41, 5.74) is 6.36. The molecule has 1 rings (SSSR count). The highest BCUT2D eigenvalue weighted by molar-refractivity contribution is 5.06. The molecule has 1 heterocycles. The van der Waals surface area contributed by atoms with Gasteiger partial charge in [0.05, 0.1) is 6.20 Å². The lowest BCUT2D eigenvalue weighted by Crippen LogP contribution is -2.18. The van der Waals surface area contributed by atoms with Crippen LogP contribution in [0, 0.1) is 5.82 Å². The highest BCUT2D eigenvalue weighted by atomic mass is 19.1. The molecule has 0 fully saturated rings. The Kier molecular flexibility index (Phi) is 2.54. The first-order chi connectivity index (χ1) is 5.18. The van der Waals surface area contributed by atoms with Crippen LogP contribution in [0.2, 0.25) is 0 Å². The number of hydrogen-bond donors (Lipinski definition) is 1. The van der Waals surface area contributed by atoms with E-state index in [1.54, 1.807) is 6.07 Å². The van der Waals surface area contributed by atoms with E-state index in [0.29, 0.717) is 6.42 Å². The minimum Gasteiger partial charge on any atom is -0.328 e. The minimum absolute atomic E-state index is 0.0768. The van der Waals surface area contributed by atoms with Crippen molar-refractivity contribution in [2.75, 3.05) is 0 Å². The zero-order chi connectivity index (χ0) is 8.27. The summed E-state index contributed by atoms with van der Waals surface area (Å²) in [4.78, 5) is 3.86. The molecule has 0 saturated carbocycles. The van der Waals surface area contributed by atoms with Crippen LogP contribution >= 0.6 is 0 Å². The first kappa shape index (κ1) is 8.14. The second kappa shape index (κ2) is 3.44. The van der Waals surface area contributed by atoms with Gasteiger partial charge in [0.15, 0.2) is 0 Å². The largest absolute Gasteiger partial charge is 0.328 e. The number of halogens is 1. The molecule has 1 atom stereocenters. The summed E-state index contributed by atoms with van der Waals surface area (Å²) in [6.45, 7) is 1.89. The van der Waals surface area contributed by atoms with E-state index in [4.69, 9.17) is 5.73 Å². The summed E-state index contributed by atoms with van der Waals surface area (Å²) in [6.07, 6.45) is 1.90. The fraction of sp³-hybridized carbons (Fsp3) is 0.375. The summed E-state index contributed by atoms with van der Waals surface area (Å²) in [6, 6.07) is 3.12. The molecule has 2 N–H and O–H groups in total. The molecule has 0 aliphatic heterocycles. The van der Waals surface area contributed by atoms with Crippen LogP contribution in [0.15, 0.2) is 18.3 Å². The van der Waals surface area contributed by atoms with Gasteiger partial charge in [-0.05, 0) is 19.1 Å². The summed E-state index contributed by atoms with van der Waals surface area (Å²) in [5, 5.41) is 0. The van der Waals surface area contributed by atoms with Crippen LogP contribution in [0.1, 0.15) is 12.6 Å². The zero-order valence-corrected chi connectivity index (χ0v) is 6.42. The van der Waals surface area contributed by atoms with Crippen LogP contribution in [0.4, 0.5) is 4.39 Å². The van der Waals surface area contributed by atoms with Gasteiger partial charge in [-0.1, -0.05) is 0 Å². The molecule has 2 nitrogen and oxygen atoms in total. The number of rotatable bonds is 2. The van der Waals surface area contributed by atoms with Crippen LogP contribution in [0.3, 0.4) is 0 Å². The van der Waals surface area contributed by atoms with Crippen molar-refractivity contribution in [2.24, 2.45) is 5.73 Å². The number of aromatic nitrogens is 1. The third-order valence-corrected chi connectivity index (χ3v) is 1.32. The van der Waals surface area contributed by atoms with Crippen LogP contribution < -0.4 is 5.73 Å². The molecule has 3 heteroatoms. The highest BCUT2D eigenvalue weighted by Crippen LogP contribution is 1.99. The number of hydrogen-bond acceptors (Lipinski definition) is 2. The predicted octanol–water partition coefficient (Wildman–Crippen LogP) is 1.11. The van der Waals surface area contributed by atoms with E-state index < -0.39 is 0 Å². The first-order valence-corrected chi connectivity index (χ1v) is 3.54. The van der Waals surface area contributed by atoms with Crippen LogP contribution in [0.25, 0.3) is 0 Å². The van der Waals surface area contributed by atoms with Gasteiger partial charge in [0.25, 0.3) is 0 Å². The first-order valence-electron chi connectivity index (χ1n) is 3.54. The predicted molar refractivity (Wildman–Crippen MR) is 41.5 cm³/mol. The van der Waals surface area contributed by atoms with Gasteiger partial charge in [-0.2, -0.15) is 0 Å². The Labute approximate surface area is 65.3 Å². The monoisotopic (exact) mass is 154 g/mol. The molecule has 1 aromatic heterocycles. The van der Waals surface area contributed by atoms with Gasteiger partial charge in [0.1, 0.15) is 5.82 Å². The molecular formula is C8H11FN2. The lowest BCUT2D eigenvalue weighted by Gasteiger charge is -2.02. The van der Waals surface area contributed by atoms with Crippen molar-refractivity contribution >= 4 is 0 Å². The van der Waals surface area contributed by atoms with Crippen LogP contribution in [0.5, 0.6) is 0 Å². The van der Waals surface area contributed by atoms with Gasteiger partial charge in [-0.25, -0.2) is 4.39 Å². The maximum atomic E-state index is 12.3. The molecule has 0 bridgehead atoms. The molecule has 11 heavy (non-hydrogen) atoms. The summed E-state index contributed by atoms with van der Waals surface area (Å²) < 4.78 is 12.3. The van der Waals surface area contributed by atoms with Crippen molar-refractivity contribution in [3.8, 4) is 0 Å². The van der Waals surface area contributed by atoms with Crippen molar-refractivity contribution < 1.29 is 4.39 Å². The number of nitrogens with two attached hydrogens (primary N) is 1.